The molecule has 1 atom stereocenters. The van der Waals surface area contributed by atoms with Crippen LogP contribution in [-0.2, 0) is 0 Å². The first-order valence-corrected chi connectivity index (χ1v) is 6.84. The number of halogens is 2. The van der Waals surface area contributed by atoms with Crippen LogP contribution in [0.25, 0.3) is 0 Å². The van der Waals surface area contributed by atoms with Crippen LogP contribution in [0.2, 0.25) is 10.0 Å². The molecule has 0 aliphatic heterocycles. The zero-order chi connectivity index (χ0) is 14.7. The molecule has 0 aromatic heterocycles. The zero-order valence-corrected chi connectivity index (χ0v) is 12.4. The molecular formula is C15H14Cl2N2O. The first-order valence-electron chi connectivity index (χ1n) is 6.08. The van der Waals surface area contributed by atoms with E-state index < -0.39 is 0 Å². The van der Waals surface area contributed by atoms with Crippen molar-refractivity contribution in [1.82, 2.24) is 5.32 Å². The maximum absolute atomic E-state index is 12.1. The van der Waals surface area contributed by atoms with Gasteiger partial charge in [0.15, 0.2) is 0 Å². The van der Waals surface area contributed by atoms with Crippen LogP contribution in [0, 0.1) is 0 Å². The molecule has 0 radical (unpaired) electrons. The summed E-state index contributed by atoms with van der Waals surface area (Å²) in [6.07, 6.45) is 0. The molecule has 3 nitrogen and oxygen atoms in total. The predicted molar refractivity (Wildman–Crippen MR) is 83.2 cm³/mol. The molecule has 5 heteroatoms. The Labute approximate surface area is 127 Å². The average Bonchev–Trinajstić information content (AvgIpc) is 2.41. The molecule has 0 saturated heterocycles. The fourth-order valence-corrected chi connectivity index (χ4v) is 2.19. The average molecular weight is 309 g/mol. The van der Waals surface area contributed by atoms with Gasteiger partial charge in [0, 0.05) is 10.6 Å². The fraction of sp³-hybridized carbons (Fsp3) is 0.133. The van der Waals surface area contributed by atoms with Gasteiger partial charge in [0.2, 0.25) is 0 Å². The Morgan fingerprint density at radius 1 is 1.20 bits per heavy atom. The third-order valence-electron chi connectivity index (χ3n) is 2.96. The van der Waals surface area contributed by atoms with E-state index in [1.165, 1.54) is 0 Å². The van der Waals surface area contributed by atoms with Crippen LogP contribution >= 0.6 is 23.2 Å². The predicted octanol–water partition coefficient (Wildman–Crippen LogP) is 4.07. The molecule has 0 aliphatic rings. The number of carbonyl (C=O) groups excluding carboxylic acids is 1. The Morgan fingerprint density at radius 2 is 1.95 bits per heavy atom. The van der Waals surface area contributed by atoms with Gasteiger partial charge in [-0.3, -0.25) is 4.79 Å². The van der Waals surface area contributed by atoms with Gasteiger partial charge in [-0.05, 0) is 42.8 Å². The zero-order valence-electron chi connectivity index (χ0n) is 10.9. The molecule has 2 aromatic rings. The molecule has 1 amide bonds. The molecule has 0 unspecified atom stereocenters. The van der Waals surface area contributed by atoms with Crippen molar-refractivity contribution in [1.29, 1.82) is 0 Å². The van der Waals surface area contributed by atoms with E-state index in [0.717, 1.165) is 5.56 Å². The third-order valence-corrected chi connectivity index (χ3v) is 3.52. The highest BCUT2D eigenvalue weighted by atomic mass is 35.5. The number of hydrogen-bond donors (Lipinski definition) is 2. The Balaban J connectivity index is 2.13. The molecule has 0 fully saturated rings. The number of nitrogens with one attached hydrogen (secondary N) is 1. The van der Waals surface area contributed by atoms with E-state index in [2.05, 4.69) is 5.32 Å². The second kappa shape index (κ2) is 6.16. The Morgan fingerprint density at radius 3 is 2.60 bits per heavy atom. The van der Waals surface area contributed by atoms with E-state index >= 15 is 0 Å². The number of nitrogen functional groups attached to an aromatic ring is 1. The number of anilines is 1. The van der Waals surface area contributed by atoms with E-state index in [4.69, 9.17) is 28.9 Å². The second-order valence-electron chi connectivity index (χ2n) is 4.49. The molecule has 0 saturated carbocycles. The summed E-state index contributed by atoms with van der Waals surface area (Å²) in [5.74, 6) is -0.209. The van der Waals surface area contributed by atoms with Gasteiger partial charge in [-0.1, -0.05) is 35.3 Å². The lowest BCUT2D eigenvalue weighted by Gasteiger charge is -2.15. The molecule has 20 heavy (non-hydrogen) atoms. The van der Waals surface area contributed by atoms with Gasteiger partial charge in [0.1, 0.15) is 0 Å². The smallest absolute Gasteiger partial charge is 0.251 e. The largest absolute Gasteiger partial charge is 0.398 e. The molecule has 0 aliphatic carbocycles. The van der Waals surface area contributed by atoms with Crippen molar-refractivity contribution >= 4 is 34.8 Å². The highest BCUT2D eigenvalue weighted by molar-refractivity contribution is 6.33. The van der Waals surface area contributed by atoms with Crippen molar-refractivity contribution in [2.75, 3.05) is 5.73 Å². The number of rotatable bonds is 3. The summed E-state index contributed by atoms with van der Waals surface area (Å²) >= 11 is 11.8. The first kappa shape index (κ1) is 14.7. The van der Waals surface area contributed by atoms with Crippen molar-refractivity contribution < 1.29 is 4.79 Å². The SMILES string of the molecule is C[C@@H](NC(=O)c1ccc(N)c(Cl)c1)c1cccc(Cl)c1. The van der Waals surface area contributed by atoms with Crippen molar-refractivity contribution in [3.8, 4) is 0 Å². The summed E-state index contributed by atoms with van der Waals surface area (Å²) in [4.78, 5) is 12.1. The van der Waals surface area contributed by atoms with Crippen LogP contribution < -0.4 is 11.1 Å². The number of carbonyl (C=O) groups is 1. The van der Waals surface area contributed by atoms with Crippen LogP contribution in [0.5, 0.6) is 0 Å². The molecule has 2 aromatic carbocycles. The monoisotopic (exact) mass is 308 g/mol. The highest BCUT2D eigenvalue weighted by Gasteiger charge is 2.12. The quantitative estimate of drug-likeness (QED) is 0.840. The van der Waals surface area contributed by atoms with E-state index in [1.807, 2.05) is 25.1 Å². The number of nitrogens with two attached hydrogens (primary N) is 1. The molecule has 0 heterocycles. The van der Waals surface area contributed by atoms with Crippen molar-refractivity contribution in [2.24, 2.45) is 0 Å². The topological polar surface area (TPSA) is 55.1 Å². The van der Waals surface area contributed by atoms with Crippen molar-refractivity contribution in [2.45, 2.75) is 13.0 Å². The van der Waals surface area contributed by atoms with Gasteiger partial charge < -0.3 is 11.1 Å². The summed E-state index contributed by atoms with van der Waals surface area (Å²) in [6.45, 7) is 1.89. The molecule has 0 spiro atoms. The Kier molecular flexibility index (Phi) is 4.53. The lowest BCUT2D eigenvalue weighted by molar-refractivity contribution is 0.0940. The highest BCUT2D eigenvalue weighted by Crippen LogP contribution is 2.21. The lowest BCUT2D eigenvalue weighted by Crippen LogP contribution is -2.26. The van der Waals surface area contributed by atoms with Crippen LogP contribution in [0.4, 0.5) is 5.69 Å². The number of benzene rings is 2. The van der Waals surface area contributed by atoms with Gasteiger partial charge in [-0.25, -0.2) is 0 Å². The van der Waals surface area contributed by atoms with Crippen molar-refractivity contribution in [3.05, 3.63) is 63.6 Å². The van der Waals surface area contributed by atoms with Gasteiger partial charge >= 0.3 is 0 Å². The Hall–Kier alpha value is -1.71. The van der Waals surface area contributed by atoms with E-state index in [-0.39, 0.29) is 11.9 Å². The summed E-state index contributed by atoms with van der Waals surface area (Å²) < 4.78 is 0. The normalized spacial score (nSPS) is 11.9. The molecular weight excluding hydrogens is 295 g/mol. The van der Waals surface area contributed by atoms with E-state index in [9.17, 15) is 4.79 Å². The third kappa shape index (κ3) is 3.44. The van der Waals surface area contributed by atoms with Gasteiger partial charge in [-0.15, -0.1) is 0 Å². The first-order chi connectivity index (χ1) is 9.47. The second-order valence-corrected chi connectivity index (χ2v) is 5.33. The van der Waals surface area contributed by atoms with Gasteiger partial charge in [-0.2, -0.15) is 0 Å². The lowest BCUT2D eigenvalue weighted by atomic mass is 10.1. The van der Waals surface area contributed by atoms with E-state index in [1.54, 1.807) is 24.3 Å². The van der Waals surface area contributed by atoms with Gasteiger partial charge in [0.05, 0.1) is 16.8 Å². The molecule has 3 N–H and O–H groups in total. The standard InChI is InChI=1S/C15H14Cl2N2O/c1-9(10-3-2-4-12(16)7-10)19-15(20)11-5-6-14(18)13(17)8-11/h2-9H,18H2,1H3,(H,19,20)/t9-/m1/s1. The minimum absolute atomic E-state index is 0.155. The van der Waals surface area contributed by atoms with Crippen LogP contribution in [0.1, 0.15) is 28.9 Å². The molecule has 2 rings (SSSR count). The van der Waals surface area contributed by atoms with Crippen LogP contribution in [0.15, 0.2) is 42.5 Å². The maximum atomic E-state index is 12.1. The number of hydrogen-bond acceptors (Lipinski definition) is 2. The van der Waals surface area contributed by atoms with Crippen LogP contribution in [-0.4, -0.2) is 5.91 Å². The van der Waals surface area contributed by atoms with Crippen molar-refractivity contribution in [3.63, 3.8) is 0 Å². The van der Waals surface area contributed by atoms with E-state index in [0.29, 0.717) is 21.3 Å². The fourth-order valence-electron chi connectivity index (χ4n) is 1.81. The molecule has 0 bridgehead atoms. The number of amides is 1. The summed E-state index contributed by atoms with van der Waals surface area (Å²) in [7, 11) is 0. The maximum Gasteiger partial charge on any atom is 0.251 e. The minimum atomic E-state index is -0.209. The summed E-state index contributed by atoms with van der Waals surface area (Å²) in [5, 5.41) is 3.90. The molecule has 104 valence electrons. The minimum Gasteiger partial charge on any atom is -0.398 e. The summed E-state index contributed by atoms with van der Waals surface area (Å²) in [5.41, 5.74) is 7.48. The summed E-state index contributed by atoms with van der Waals surface area (Å²) in [6, 6.07) is 12.0. The van der Waals surface area contributed by atoms with Gasteiger partial charge in [0.25, 0.3) is 5.91 Å². The Bertz CT molecular complexity index is 644. The van der Waals surface area contributed by atoms with Crippen LogP contribution in [0.3, 0.4) is 0 Å².